The second-order valence-corrected chi connectivity index (χ2v) is 5.11. The van der Waals surface area contributed by atoms with Gasteiger partial charge in [0, 0.05) is 10.6 Å². The molecule has 6 heteroatoms. The number of benzene rings is 1. The first-order valence-electron chi connectivity index (χ1n) is 6.27. The summed E-state index contributed by atoms with van der Waals surface area (Å²) in [7, 11) is 0. The first-order valence-corrected chi connectivity index (χ1v) is 6.65. The van der Waals surface area contributed by atoms with Crippen molar-refractivity contribution >= 4 is 23.8 Å². The minimum atomic E-state index is 0.0730. The molecular weight excluding hydrogens is 276 g/mol. The van der Waals surface area contributed by atoms with Crippen LogP contribution in [0.5, 0.6) is 5.75 Å². The summed E-state index contributed by atoms with van der Waals surface area (Å²) in [6, 6.07) is 5.40. The standard InChI is InChI=1S/C14H17ClN4O/c1-9(2)20-13-5-4-12(15)6-11(13)7-17-19-8-10(3)18-14(19)16/h4-9H,1-3H3,(H2,16,18). The van der Waals surface area contributed by atoms with E-state index in [1.54, 1.807) is 24.5 Å². The van der Waals surface area contributed by atoms with E-state index in [1.165, 1.54) is 4.68 Å². The van der Waals surface area contributed by atoms with Crippen LogP contribution in [0.4, 0.5) is 5.95 Å². The van der Waals surface area contributed by atoms with Gasteiger partial charge in [0.05, 0.1) is 24.2 Å². The average molecular weight is 293 g/mol. The lowest BCUT2D eigenvalue weighted by Gasteiger charge is -2.12. The van der Waals surface area contributed by atoms with Gasteiger partial charge < -0.3 is 10.5 Å². The number of rotatable bonds is 4. The van der Waals surface area contributed by atoms with Gasteiger partial charge in [0.25, 0.3) is 0 Å². The minimum Gasteiger partial charge on any atom is -0.490 e. The van der Waals surface area contributed by atoms with Crippen LogP contribution in [0, 0.1) is 6.92 Å². The van der Waals surface area contributed by atoms with Gasteiger partial charge in [0.1, 0.15) is 5.75 Å². The van der Waals surface area contributed by atoms with E-state index in [0.29, 0.717) is 11.0 Å². The van der Waals surface area contributed by atoms with Crippen molar-refractivity contribution in [3.63, 3.8) is 0 Å². The molecule has 0 aliphatic rings. The molecule has 0 saturated carbocycles. The van der Waals surface area contributed by atoms with E-state index in [4.69, 9.17) is 22.1 Å². The fraction of sp³-hybridized carbons (Fsp3) is 0.286. The molecule has 0 unspecified atom stereocenters. The number of anilines is 1. The molecule has 0 atom stereocenters. The zero-order valence-electron chi connectivity index (χ0n) is 11.7. The quantitative estimate of drug-likeness (QED) is 0.881. The van der Waals surface area contributed by atoms with Crippen LogP contribution in [-0.4, -0.2) is 22.0 Å². The maximum atomic E-state index is 6.01. The summed E-state index contributed by atoms with van der Waals surface area (Å²) in [5.74, 6) is 1.07. The second-order valence-electron chi connectivity index (χ2n) is 4.68. The lowest BCUT2D eigenvalue weighted by molar-refractivity contribution is 0.242. The van der Waals surface area contributed by atoms with Crippen molar-refractivity contribution in [2.24, 2.45) is 5.10 Å². The molecule has 106 valence electrons. The SMILES string of the molecule is Cc1cn(N=Cc2cc(Cl)ccc2OC(C)C)c(N)n1. The van der Waals surface area contributed by atoms with E-state index in [2.05, 4.69) is 10.1 Å². The van der Waals surface area contributed by atoms with Gasteiger partial charge in [-0.3, -0.25) is 0 Å². The van der Waals surface area contributed by atoms with E-state index in [-0.39, 0.29) is 6.10 Å². The Morgan fingerprint density at radius 3 is 2.80 bits per heavy atom. The Labute approximate surface area is 123 Å². The topological polar surface area (TPSA) is 65.4 Å². The van der Waals surface area contributed by atoms with E-state index >= 15 is 0 Å². The van der Waals surface area contributed by atoms with Gasteiger partial charge in [-0.1, -0.05) is 11.6 Å². The van der Waals surface area contributed by atoms with Crippen LogP contribution >= 0.6 is 11.6 Å². The number of nitrogens with two attached hydrogens (primary N) is 1. The Balaban J connectivity index is 2.32. The molecule has 2 rings (SSSR count). The van der Waals surface area contributed by atoms with Gasteiger partial charge in [-0.05, 0) is 39.0 Å². The zero-order valence-corrected chi connectivity index (χ0v) is 12.4. The summed E-state index contributed by atoms with van der Waals surface area (Å²) >= 11 is 6.01. The van der Waals surface area contributed by atoms with Crippen LogP contribution < -0.4 is 10.5 Å². The highest BCUT2D eigenvalue weighted by Crippen LogP contribution is 2.22. The van der Waals surface area contributed by atoms with Gasteiger partial charge in [-0.2, -0.15) is 5.10 Å². The smallest absolute Gasteiger partial charge is 0.221 e. The molecule has 20 heavy (non-hydrogen) atoms. The molecule has 0 aliphatic heterocycles. The summed E-state index contributed by atoms with van der Waals surface area (Å²) in [5, 5.41) is 4.89. The van der Waals surface area contributed by atoms with Crippen molar-refractivity contribution < 1.29 is 4.74 Å². The van der Waals surface area contributed by atoms with Gasteiger partial charge in [-0.15, -0.1) is 0 Å². The lowest BCUT2D eigenvalue weighted by Crippen LogP contribution is -2.07. The van der Waals surface area contributed by atoms with Crippen LogP contribution in [0.1, 0.15) is 25.1 Å². The van der Waals surface area contributed by atoms with Gasteiger partial charge in [-0.25, -0.2) is 9.66 Å². The number of hydrogen-bond acceptors (Lipinski definition) is 4. The first kappa shape index (κ1) is 14.4. The normalized spacial score (nSPS) is 11.4. The predicted molar refractivity (Wildman–Crippen MR) is 81.6 cm³/mol. The number of aryl methyl sites for hydroxylation is 1. The second kappa shape index (κ2) is 5.96. The van der Waals surface area contributed by atoms with E-state index in [0.717, 1.165) is 17.0 Å². The Hall–Kier alpha value is -2.01. The van der Waals surface area contributed by atoms with E-state index in [9.17, 15) is 0 Å². The van der Waals surface area contributed by atoms with Crippen LogP contribution in [0.25, 0.3) is 0 Å². The number of ether oxygens (including phenoxy) is 1. The van der Waals surface area contributed by atoms with Crippen molar-refractivity contribution in [2.45, 2.75) is 26.9 Å². The highest BCUT2D eigenvalue weighted by molar-refractivity contribution is 6.30. The molecule has 0 spiro atoms. The third-order valence-corrected chi connectivity index (χ3v) is 2.73. The predicted octanol–water partition coefficient (Wildman–Crippen LogP) is 3.10. The van der Waals surface area contributed by atoms with Crippen LogP contribution in [0.3, 0.4) is 0 Å². The molecule has 2 aromatic rings. The highest BCUT2D eigenvalue weighted by Gasteiger charge is 2.05. The summed E-state index contributed by atoms with van der Waals surface area (Å²) in [6.45, 7) is 5.79. The Morgan fingerprint density at radius 2 is 2.20 bits per heavy atom. The molecule has 1 aromatic heterocycles. The van der Waals surface area contributed by atoms with E-state index < -0.39 is 0 Å². The lowest BCUT2D eigenvalue weighted by atomic mass is 10.2. The molecule has 2 N–H and O–H groups in total. The molecule has 5 nitrogen and oxygen atoms in total. The van der Waals surface area contributed by atoms with Crippen molar-refractivity contribution in [2.75, 3.05) is 5.73 Å². The number of halogens is 1. The molecule has 0 aliphatic carbocycles. The van der Waals surface area contributed by atoms with Crippen molar-refractivity contribution in [3.05, 3.63) is 40.7 Å². The largest absolute Gasteiger partial charge is 0.490 e. The highest BCUT2D eigenvalue weighted by atomic mass is 35.5. The van der Waals surface area contributed by atoms with Crippen LogP contribution in [0.2, 0.25) is 5.02 Å². The molecule has 0 radical (unpaired) electrons. The number of nitrogens with zero attached hydrogens (tertiary/aromatic N) is 3. The molecule has 1 aromatic carbocycles. The Bertz CT molecular complexity index is 634. The van der Waals surface area contributed by atoms with Gasteiger partial charge >= 0.3 is 0 Å². The molecule has 0 amide bonds. The third kappa shape index (κ3) is 3.51. The first-order chi connectivity index (χ1) is 9.45. The number of aromatic nitrogens is 2. The number of imidazole rings is 1. The van der Waals surface area contributed by atoms with Crippen molar-refractivity contribution in [3.8, 4) is 5.75 Å². The summed E-state index contributed by atoms with van der Waals surface area (Å²) in [4.78, 5) is 4.08. The van der Waals surface area contributed by atoms with Crippen molar-refractivity contribution in [1.29, 1.82) is 0 Å². The summed E-state index contributed by atoms with van der Waals surface area (Å²) < 4.78 is 7.23. The molecule has 1 heterocycles. The van der Waals surface area contributed by atoms with Gasteiger partial charge in [0.2, 0.25) is 5.95 Å². The minimum absolute atomic E-state index is 0.0730. The molecular formula is C14H17ClN4O. The van der Waals surface area contributed by atoms with Crippen molar-refractivity contribution in [1.82, 2.24) is 9.66 Å². The maximum absolute atomic E-state index is 6.01. The fourth-order valence-corrected chi connectivity index (χ4v) is 1.88. The fourth-order valence-electron chi connectivity index (χ4n) is 1.70. The van der Waals surface area contributed by atoms with Crippen LogP contribution in [0.15, 0.2) is 29.5 Å². The molecule has 0 saturated heterocycles. The summed E-state index contributed by atoms with van der Waals surface area (Å²) in [6.07, 6.45) is 3.48. The molecule has 0 bridgehead atoms. The number of hydrogen-bond donors (Lipinski definition) is 1. The van der Waals surface area contributed by atoms with Gasteiger partial charge in [0.15, 0.2) is 0 Å². The molecule has 0 fully saturated rings. The Kier molecular flexibility index (Phi) is 4.29. The van der Waals surface area contributed by atoms with Crippen LogP contribution in [-0.2, 0) is 0 Å². The third-order valence-electron chi connectivity index (χ3n) is 2.49. The van der Waals surface area contributed by atoms with E-state index in [1.807, 2.05) is 26.8 Å². The summed E-state index contributed by atoms with van der Waals surface area (Å²) in [5.41, 5.74) is 7.33. The number of nitrogen functional groups attached to an aromatic ring is 1. The maximum Gasteiger partial charge on any atom is 0.221 e. The Morgan fingerprint density at radius 1 is 1.45 bits per heavy atom. The zero-order chi connectivity index (χ0) is 14.7. The average Bonchev–Trinajstić information content (AvgIpc) is 2.67. The monoisotopic (exact) mass is 292 g/mol.